The van der Waals surface area contributed by atoms with Gasteiger partial charge in [-0.3, -0.25) is 20.7 Å². The molecule has 0 atom stereocenters. The molecule has 0 saturated heterocycles. The number of aromatic nitrogens is 2. The van der Waals surface area contributed by atoms with Crippen molar-refractivity contribution in [3.63, 3.8) is 0 Å². The van der Waals surface area contributed by atoms with E-state index >= 15 is 0 Å². The molecule has 0 bridgehead atoms. The summed E-state index contributed by atoms with van der Waals surface area (Å²) >= 11 is 0. The minimum absolute atomic E-state index is 0.0418. The number of aryl methyl sites for hydroxylation is 1. The molecule has 1 amide bonds. The molecule has 0 spiro atoms. The number of hydrogen-bond donors (Lipinski definition) is 4. The van der Waals surface area contributed by atoms with Crippen molar-refractivity contribution in [3.05, 3.63) is 47.3 Å². The molecule has 120 valence electrons. The Balaban J connectivity index is 1.65. The van der Waals surface area contributed by atoms with Crippen molar-refractivity contribution < 1.29 is 14.6 Å². The van der Waals surface area contributed by atoms with Crippen molar-refractivity contribution in [1.82, 2.24) is 21.0 Å². The summed E-state index contributed by atoms with van der Waals surface area (Å²) in [5.74, 6) is 0.0679. The number of amides is 1. The minimum Gasteiger partial charge on any atom is -0.504 e. The number of methoxy groups -OCH3 is 1. The largest absolute Gasteiger partial charge is 0.504 e. The second kappa shape index (κ2) is 6.04. The number of rotatable bonds is 5. The number of phenols is 1. The van der Waals surface area contributed by atoms with E-state index in [1.165, 1.54) is 13.2 Å². The summed E-state index contributed by atoms with van der Waals surface area (Å²) in [6.07, 6.45) is 2.84. The van der Waals surface area contributed by atoms with E-state index < -0.39 is 0 Å². The first kappa shape index (κ1) is 15.0. The van der Waals surface area contributed by atoms with E-state index in [4.69, 9.17) is 4.74 Å². The zero-order valence-electron chi connectivity index (χ0n) is 12.8. The zero-order chi connectivity index (χ0) is 16.4. The molecule has 7 heteroatoms. The highest BCUT2D eigenvalue weighted by Gasteiger charge is 2.22. The summed E-state index contributed by atoms with van der Waals surface area (Å²) in [4.78, 5) is 12.2. The lowest BCUT2D eigenvalue weighted by molar-refractivity contribution is 0.0936. The van der Waals surface area contributed by atoms with E-state index in [1.54, 1.807) is 12.1 Å². The van der Waals surface area contributed by atoms with Crippen LogP contribution in [0.4, 0.5) is 0 Å². The van der Waals surface area contributed by atoms with Crippen molar-refractivity contribution in [2.45, 2.75) is 19.3 Å². The molecular weight excluding hydrogens is 296 g/mol. The van der Waals surface area contributed by atoms with Crippen LogP contribution in [0.25, 0.3) is 5.70 Å². The third-order valence-corrected chi connectivity index (χ3v) is 3.88. The topological polar surface area (TPSA) is 99.3 Å². The quantitative estimate of drug-likeness (QED) is 0.627. The van der Waals surface area contributed by atoms with Gasteiger partial charge in [0.2, 0.25) is 0 Å². The summed E-state index contributed by atoms with van der Waals surface area (Å²) in [5.41, 5.74) is 8.96. The van der Waals surface area contributed by atoms with E-state index in [0.29, 0.717) is 22.7 Å². The number of ether oxygens (including phenoxy) is 1. The molecule has 0 unspecified atom stereocenters. The van der Waals surface area contributed by atoms with Crippen LogP contribution < -0.4 is 15.6 Å². The molecule has 0 radical (unpaired) electrons. The molecule has 0 saturated carbocycles. The number of carbonyl (C=O) groups excluding carboxylic acids is 1. The van der Waals surface area contributed by atoms with Crippen LogP contribution >= 0.6 is 0 Å². The van der Waals surface area contributed by atoms with Crippen molar-refractivity contribution in [3.8, 4) is 11.5 Å². The lowest BCUT2D eigenvalue weighted by Crippen LogP contribution is -2.36. The molecule has 1 aromatic heterocycles. The molecule has 2 aromatic rings. The number of carbonyl (C=O) groups is 1. The molecule has 1 aliphatic carbocycles. The summed E-state index contributed by atoms with van der Waals surface area (Å²) in [6.45, 7) is 3.86. The molecule has 1 aliphatic rings. The number of hydrazine groups is 1. The fraction of sp³-hybridized carbons (Fsp3) is 0.250. The van der Waals surface area contributed by atoms with Gasteiger partial charge >= 0.3 is 0 Å². The van der Waals surface area contributed by atoms with Gasteiger partial charge < -0.3 is 9.84 Å². The molecule has 4 N–H and O–H groups in total. The second-order valence-electron chi connectivity index (χ2n) is 5.33. The van der Waals surface area contributed by atoms with Gasteiger partial charge in [-0.25, -0.2) is 0 Å². The third kappa shape index (κ3) is 2.85. The Morgan fingerprint density at radius 3 is 3.00 bits per heavy atom. The van der Waals surface area contributed by atoms with Crippen molar-refractivity contribution in [2.24, 2.45) is 0 Å². The van der Waals surface area contributed by atoms with Gasteiger partial charge in [0, 0.05) is 16.8 Å². The number of phenolic OH excluding ortho intramolecular Hbond substituents is 1. The van der Waals surface area contributed by atoms with Gasteiger partial charge in [-0.2, -0.15) is 5.10 Å². The Labute approximate surface area is 133 Å². The molecule has 7 nitrogen and oxygen atoms in total. The lowest BCUT2D eigenvalue weighted by Gasteiger charge is -2.12. The molecule has 0 fully saturated rings. The van der Waals surface area contributed by atoms with Gasteiger partial charge in [-0.15, -0.1) is 0 Å². The number of aromatic hydroxyl groups is 1. The number of H-pyrrole nitrogens is 1. The molecule has 23 heavy (non-hydrogen) atoms. The van der Waals surface area contributed by atoms with Crippen molar-refractivity contribution >= 4 is 11.6 Å². The average Bonchev–Trinajstić information content (AvgIpc) is 3.15. The van der Waals surface area contributed by atoms with Crippen LogP contribution in [0, 0.1) is 0 Å². The first-order valence-corrected chi connectivity index (χ1v) is 7.29. The molecule has 3 rings (SSSR count). The van der Waals surface area contributed by atoms with Gasteiger partial charge in [0.05, 0.1) is 12.8 Å². The maximum Gasteiger partial charge on any atom is 0.290 e. The van der Waals surface area contributed by atoms with Crippen LogP contribution in [0.15, 0.2) is 24.8 Å². The van der Waals surface area contributed by atoms with Crippen LogP contribution in [0.3, 0.4) is 0 Å². The summed E-state index contributed by atoms with van der Waals surface area (Å²) < 4.78 is 5.05. The lowest BCUT2D eigenvalue weighted by atomic mass is 10.1. The first-order valence-electron chi connectivity index (χ1n) is 7.29. The van der Waals surface area contributed by atoms with Gasteiger partial charge in [0.15, 0.2) is 17.2 Å². The number of aromatic amines is 1. The summed E-state index contributed by atoms with van der Waals surface area (Å²) in [5, 5.41) is 16.6. The standard InChI is InChI=1S/C16H18N4O3/c1-9(10-6-7-13(21)14(8-10)23-2)17-20-16(22)15-11-4-3-5-12(11)18-19-15/h6-8,17,21H,1,3-5H2,2H3,(H,18,19)(H,20,22). The van der Waals surface area contributed by atoms with Crippen LogP contribution in [-0.2, 0) is 12.8 Å². The number of hydrogen-bond acceptors (Lipinski definition) is 5. The smallest absolute Gasteiger partial charge is 0.290 e. The van der Waals surface area contributed by atoms with Crippen molar-refractivity contribution in [1.29, 1.82) is 0 Å². The van der Waals surface area contributed by atoms with Crippen LogP contribution in [-0.4, -0.2) is 28.3 Å². The van der Waals surface area contributed by atoms with Gasteiger partial charge in [0.1, 0.15) is 0 Å². The summed E-state index contributed by atoms with van der Waals surface area (Å²) in [6, 6.07) is 4.80. The predicted octanol–water partition coefficient (Wildman–Crippen LogP) is 1.52. The van der Waals surface area contributed by atoms with E-state index in [9.17, 15) is 9.90 Å². The van der Waals surface area contributed by atoms with Crippen LogP contribution in [0.5, 0.6) is 11.5 Å². The van der Waals surface area contributed by atoms with Crippen molar-refractivity contribution in [2.75, 3.05) is 7.11 Å². The Morgan fingerprint density at radius 1 is 1.39 bits per heavy atom. The molecule has 0 aliphatic heterocycles. The first-order chi connectivity index (χ1) is 11.1. The third-order valence-electron chi connectivity index (χ3n) is 3.88. The molecule has 1 heterocycles. The SMILES string of the molecule is C=C(NNC(=O)c1n[nH]c2c1CCC2)c1ccc(O)c(OC)c1. The highest BCUT2D eigenvalue weighted by molar-refractivity contribution is 5.94. The molecule has 1 aromatic carbocycles. The van der Waals surface area contributed by atoms with E-state index in [-0.39, 0.29) is 11.7 Å². The highest BCUT2D eigenvalue weighted by atomic mass is 16.5. The van der Waals surface area contributed by atoms with Crippen LogP contribution in [0.2, 0.25) is 0 Å². The van der Waals surface area contributed by atoms with Gasteiger partial charge in [-0.1, -0.05) is 6.58 Å². The minimum atomic E-state index is -0.309. The number of nitrogens with zero attached hydrogens (tertiary/aromatic N) is 1. The number of fused-ring (bicyclic) bond motifs is 1. The van der Waals surface area contributed by atoms with Gasteiger partial charge in [-0.05, 0) is 37.5 Å². The summed E-state index contributed by atoms with van der Waals surface area (Å²) in [7, 11) is 1.47. The second-order valence-corrected chi connectivity index (χ2v) is 5.33. The van der Waals surface area contributed by atoms with E-state index in [2.05, 4.69) is 27.6 Å². The van der Waals surface area contributed by atoms with Gasteiger partial charge in [0.25, 0.3) is 5.91 Å². The maximum absolute atomic E-state index is 12.2. The fourth-order valence-corrected chi connectivity index (χ4v) is 2.64. The monoisotopic (exact) mass is 314 g/mol. The van der Waals surface area contributed by atoms with E-state index in [0.717, 1.165) is 30.5 Å². The van der Waals surface area contributed by atoms with Crippen LogP contribution in [0.1, 0.15) is 33.7 Å². The van der Waals surface area contributed by atoms with E-state index in [1.807, 2.05) is 0 Å². The highest BCUT2D eigenvalue weighted by Crippen LogP contribution is 2.28. The zero-order valence-corrected chi connectivity index (χ0v) is 12.8. The predicted molar refractivity (Wildman–Crippen MR) is 84.9 cm³/mol. The molecular formula is C16H18N4O3. The number of benzene rings is 1. The number of nitrogens with one attached hydrogen (secondary N) is 3. The Kier molecular flexibility index (Phi) is 3.92. The fourth-order valence-electron chi connectivity index (χ4n) is 2.64. The normalized spacial score (nSPS) is 12.6. The Bertz CT molecular complexity index is 767. The Hall–Kier alpha value is -2.96. The Morgan fingerprint density at radius 2 is 2.22 bits per heavy atom. The average molecular weight is 314 g/mol. The maximum atomic E-state index is 12.2.